The van der Waals surface area contributed by atoms with Crippen molar-refractivity contribution in [1.82, 2.24) is 4.90 Å². The number of fused-ring (bicyclic) bond motifs is 2. The van der Waals surface area contributed by atoms with Gasteiger partial charge < -0.3 is 18.8 Å². The standard InChI is InChI=1S/C29H27NO4/c1-19-6-8-21(9-7-19)28(31)29-27(20-10-12-23(13-11-20)32-16-14-30(2)3)24-17-22-5-4-15-33-25(22)18-26(24)34-29/h4,6-13,15,17-18H,5,14,16H2,1-3H3. The molecule has 1 aliphatic heterocycles. The van der Waals surface area contributed by atoms with Gasteiger partial charge in [0.15, 0.2) is 5.76 Å². The van der Waals surface area contributed by atoms with Crippen molar-refractivity contribution >= 4 is 16.8 Å². The fourth-order valence-electron chi connectivity index (χ4n) is 4.08. The van der Waals surface area contributed by atoms with Crippen molar-refractivity contribution < 1.29 is 18.7 Å². The molecule has 0 amide bonds. The smallest absolute Gasteiger partial charge is 0.228 e. The molecule has 1 aromatic heterocycles. The van der Waals surface area contributed by atoms with Crippen LogP contribution in [0.15, 0.2) is 77.4 Å². The van der Waals surface area contributed by atoms with Crippen LogP contribution in [0.4, 0.5) is 0 Å². The molecule has 2 heterocycles. The second kappa shape index (κ2) is 9.20. The quantitative estimate of drug-likeness (QED) is 0.320. The first-order valence-electron chi connectivity index (χ1n) is 11.4. The maximum absolute atomic E-state index is 13.5. The molecule has 0 unspecified atom stereocenters. The predicted octanol–water partition coefficient (Wildman–Crippen LogP) is 6.03. The Kier molecular flexibility index (Phi) is 5.95. The van der Waals surface area contributed by atoms with E-state index < -0.39 is 0 Å². The van der Waals surface area contributed by atoms with Gasteiger partial charge in [-0.25, -0.2) is 0 Å². The Hall–Kier alpha value is -3.83. The van der Waals surface area contributed by atoms with E-state index in [9.17, 15) is 4.79 Å². The van der Waals surface area contributed by atoms with Crippen molar-refractivity contribution in [1.29, 1.82) is 0 Å². The number of ether oxygens (including phenoxy) is 2. The van der Waals surface area contributed by atoms with Gasteiger partial charge in [-0.15, -0.1) is 0 Å². The molecule has 4 aromatic rings. The summed E-state index contributed by atoms with van der Waals surface area (Å²) in [6, 6.07) is 19.4. The first-order valence-corrected chi connectivity index (χ1v) is 11.4. The highest BCUT2D eigenvalue weighted by atomic mass is 16.5. The second-order valence-corrected chi connectivity index (χ2v) is 8.83. The fraction of sp³-hybridized carbons (Fsp3) is 0.207. The maximum atomic E-state index is 13.5. The van der Waals surface area contributed by atoms with Crippen LogP contribution in [0.25, 0.3) is 22.1 Å². The summed E-state index contributed by atoms with van der Waals surface area (Å²) in [6.07, 6.45) is 4.44. The summed E-state index contributed by atoms with van der Waals surface area (Å²) in [5.41, 5.74) is 5.08. The highest BCUT2D eigenvalue weighted by molar-refractivity contribution is 6.15. The lowest BCUT2D eigenvalue weighted by Crippen LogP contribution is -2.19. The molecule has 0 saturated carbocycles. The van der Waals surface area contributed by atoms with Gasteiger partial charge in [-0.1, -0.05) is 42.0 Å². The van der Waals surface area contributed by atoms with Crippen LogP contribution >= 0.6 is 0 Å². The number of nitrogens with zero attached hydrogens (tertiary/aromatic N) is 1. The average Bonchev–Trinajstić information content (AvgIpc) is 3.21. The molecule has 1 aliphatic rings. The van der Waals surface area contributed by atoms with Gasteiger partial charge in [0.25, 0.3) is 0 Å². The van der Waals surface area contributed by atoms with Gasteiger partial charge in [0, 0.05) is 29.1 Å². The van der Waals surface area contributed by atoms with Gasteiger partial charge in [-0.2, -0.15) is 0 Å². The largest absolute Gasteiger partial charge is 0.492 e. The first-order chi connectivity index (χ1) is 16.5. The van der Waals surface area contributed by atoms with Gasteiger partial charge in [0.1, 0.15) is 23.7 Å². The predicted molar refractivity (Wildman–Crippen MR) is 134 cm³/mol. The van der Waals surface area contributed by atoms with Crippen LogP contribution in [0.1, 0.15) is 27.2 Å². The first kappa shape index (κ1) is 22.0. The normalized spacial score (nSPS) is 12.6. The molecule has 3 aromatic carbocycles. The number of hydrogen-bond donors (Lipinski definition) is 0. The Morgan fingerprint density at radius 2 is 1.79 bits per heavy atom. The van der Waals surface area contributed by atoms with Gasteiger partial charge in [0.05, 0.1) is 6.26 Å². The molecular weight excluding hydrogens is 426 g/mol. The molecule has 0 bridgehead atoms. The van der Waals surface area contributed by atoms with E-state index in [1.165, 1.54) is 0 Å². The molecule has 0 aliphatic carbocycles. The molecule has 5 rings (SSSR count). The zero-order chi connectivity index (χ0) is 23.7. The zero-order valence-corrected chi connectivity index (χ0v) is 19.6. The SMILES string of the molecule is Cc1ccc(C(=O)c2oc3cc4c(cc3c2-c2ccc(OCCN(C)C)cc2)CC=CO4)cc1. The number of benzene rings is 3. The summed E-state index contributed by atoms with van der Waals surface area (Å²) in [5.74, 6) is 1.74. The highest BCUT2D eigenvalue weighted by Crippen LogP contribution is 2.40. The van der Waals surface area contributed by atoms with E-state index >= 15 is 0 Å². The van der Waals surface area contributed by atoms with Crippen molar-refractivity contribution in [2.24, 2.45) is 0 Å². The lowest BCUT2D eigenvalue weighted by Gasteiger charge is -2.12. The molecule has 0 saturated heterocycles. The van der Waals surface area contributed by atoms with Crippen LogP contribution in [-0.2, 0) is 6.42 Å². The van der Waals surface area contributed by atoms with E-state index in [2.05, 4.69) is 11.0 Å². The molecule has 0 N–H and O–H groups in total. The molecule has 34 heavy (non-hydrogen) atoms. The van der Waals surface area contributed by atoms with Crippen LogP contribution in [0, 0.1) is 6.92 Å². The third kappa shape index (κ3) is 4.35. The van der Waals surface area contributed by atoms with E-state index in [4.69, 9.17) is 13.9 Å². The number of carbonyl (C=O) groups excluding carboxylic acids is 1. The van der Waals surface area contributed by atoms with Crippen molar-refractivity contribution in [2.45, 2.75) is 13.3 Å². The number of aryl methyl sites for hydroxylation is 1. The van der Waals surface area contributed by atoms with Crippen molar-refractivity contribution in [2.75, 3.05) is 27.2 Å². The van der Waals surface area contributed by atoms with Crippen LogP contribution in [0.5, 0.6) is 11.5 Å². The van der Waals surface area contributed by atoms with E-state index in [-0.39, 0.29) is 5.78 Å². The topological polar surface area (TPSA) is 51.9 Å². The maximum Gasteiger partial charge on any atom is 0.228 e. The van der Waals surface area contributed by atoms with Crippen LogP contribution in [-0.4, -0.2) is 37.9 Å². The Morgan fingerprint density at radius 3 is 2.53 bits per heavy atom. The fourth-order valence-corrected chi connectivity index (χ4v) is 4.08. The van der Waals surface area contributed by atoms with Crippen LogP contribution in [0.3, 0.4) is 0 Å². The Balaban J connectivity index is 1.59. The zero-order valence-electron chi connectivity index (χ0n) is 19.6. The van der Waals surface area contributed by atoms with Crippen molar-refractivity contribution in [3.05, 3.63) is 95.5 Å². The molecule has 0 fully saturated rings. The third-order valence-corrected chi connectivity index (χ3v) is 5.97. The van der Waals surface area contributed by atoms with Crippen LogP contribution in [0.2, 0.25) is 0 Å². The molecule has 5 heteroatoms. The number of rotatable bonds is 7. The number of likely N-dealkylation sites (N-methyl/N-ethyl adjacent to an activating group) is 1. The van der Waals surface area contributed by atoms with Crippen molar-refractivity contribution in [3.63, 3.8) is 0 Å². The second-order valence-electron chi connectivity index (χ2n) is 8.83. The third-order valence-electron chi connectivity index (χ3n) is 5.97. The highest BCUT2D eigenvalue weighted by Gasteiger charge is 2.25. The van der Waals surface area contributed by atoms with E-state index in [0.29, 0.717) is 23.5 Å². The summed E-state index contributed by atoms with van der Waals surface area (Å²) in [5, 5.41) is 0.898. The number of furan rings is 1. The average molecular weight is 454 g/mol. The Labute approximate surface area is 199 Å². The molecular formula is C29H27NO4. The van der Waals surface area contributed by atoms with Gasteiger partial charge >= 0.3 is 0 Å². The van der Waals surface area contributed by atoms with E-state index in [1.54, 1.807) is 6.26 Å². The molecule has 0 spiro atoms. The van der Waals surface area contributed by atoms with Gasteiger partial charge in [0.2, 0.25) is 5.78 Å². The monoisotopic (exact) mass is 453 g/mol. The van der Waals surface area contributed by atoms with Gasteiger partial charge in [-0.05, 0) is 62.8 Å². The van der Waals surface area contributed by atoms with E-state index in [0.717, 1.165) is 52.1 Å². The number of ketones is 1. The molecule has 0 radical (unpaired) electrons. The van der Waals surface area contributed by atoms with Gasteiger partial charge in [-0.3, -0.25) is 4.79 Å². The minimum absolute atomic E-state index is 0.144. The van der Waals surface area contributed by atoms with Crippen molar-refractivity contribution in [3.8, 4) is 22.6 Å². The summed E-state index contributed by atoms with van der Waals surface area (Å²) in [6.45, 7) is 3.45. The molecule has 172 valence electrons. The number of allylic oxidation sites excluding steroid dienone is 1. The Morgan fingerprint density at radius 1 is 1.03 bits per heavy atom. The lowest BCUT2D eigenvalue weighted by molar-refractivity contribution is 0.101. The minimum atomic E-state index is -0.144. The molecule has 0 atom stereocenters. The summed E-state index contributed by atoms with van der Waals surface area (Å²) in [7, 11) is 4.03. The number of hydrogen-bond acceptors (Lipinski definition) is 5. The Bertz CT molecular complexity index is 1360. The molecule has 5 nitrogen and oxygen atoms in total. The lowest BCUT2D eigenvalue weighted by atomic mass is 9.96. The van der Waals surface area contributed by atoms with E-state index in [1.807, 2.05) is 81.7 Å². The number of carbonyl (C=O) groups is 1. The summed E-state index contributed by atoms with van der Waals surface area (Å²) in [4.78, 5) is 15.6. The summed E-state index contributed by atoms with van der Waals surface area (Å²) >= 11 is 0. The summed E-state index contributed by atoms with van der Waals surface area (Å²) < 4.78 is 17.7. The minimum Gasteiger partial charge on any atom is -0.492 e. The van der Waals surface area contributed by atoms with Crippen LogP contribution < -0.4 is 9.47 Å².